The molecule has 1 saturated heterocycles. The van der Waals surface area contributed by atoms with E-state index in [1.165, 1.54) is 0 Å². The molecule has 1 aliphatic carbocycles. The highest BCUT2D eigenvalue weighted by atomic mass is 35.5. The Morgan fingerprint density at radius 2 is 1.73 bits per heavy atom. The van der Waals surface area contributed by atoms with Crippen LogP contribution in [0.3, 0.4) is 0 Å². The summed E-state index contributed by atoms with van der Waals surface area (Å²) in [6.45, 7) is 3.30. The fraction of sp³-hybridized carbons (Fsp3) is 0.320. The summed E-state index contributed by atoms with van der Waals surface area (Å²) in [5.74, 6) is 2.21. The maximum atomic E-state index is 12.7. The van der Waals surface area contributed by atoms with Crippen molar-refractivity contribution in [2.75, 3.05) is 48.4 Å². The number of rotatable bonds is 5. The lowest BCUT2D eigenvalue weighted by atomic mass is 9.95. The second-order valence-corrected chi connectivity index (χ2v) is 8.71. The van der Waals surface area contributed by atoms with E-state index in [0.29, 0.717) is 28.8 Å². The number of nitrogens with zero attached hydrogens (tertiary/aromatic N) is 4. The molecule has 2 aliphatic rings. The Kier molecular flexibility index (Phi) is 6.05. The molecule has 0 unspecified atom stereocenters. The molecular formula is C25H26ClN5O2. The number of hydrogen-bond donors (Lipinski definition) is 1. The van der Waals surface area contributed by atoms with Crippen LogP contribution < -0.4 is 19.9 Å². The number of aromatic nitrogens is 2. The van der Waals surface area contributed by atoms with Gasteiger partial charge in [0.25, 0.3) is 0 Å². The van der Waals surface area contributed by atoms with Crippen molar-refractivity contribution in [3.05, 3.63) is 64.8 Å². The lowest BCUT2D eigenvalue weighted by Gasteiger charge is -2.36. The van der Waals surface area contributed by atoms with Gasteiger partial charge in [-0.25, -0.2) is 4.98 Å². The molecule has 2 aromatic carbocycles. The number of ether oxygens (including phenoxy) is 1. The lowest BCUT2D eigenvalue weighted by Crippen LogP contribution is -2.47. The highest BCUT2D eigenvalue weighted by Crippen LogP contribution is 2.31. The minimum Gasteiger partial charge on any atom is -0.497 e. The summed E-state index contributed by atoms with van der Waals surface area (Å²) in [6, 6.07) is 15.5. The van der Waals surface area contributed by atoms with E-state index in [4.69, 9.17) is 26.3 Å². The zero-order valence-electron chi connectivity index (χ0n) is 18.6. The van der Waals surface area contributed by atoms with Gasteiger partial charge >= 0.3 is 0 Å². The number of ketones is 1. The van der Waals surface area contributed by atoms with Crippen molar-refractivity contribution in [2.24, 2.45) is 0 Å². The van der Waals surface area contributed by atoms with Crippen LogP contribution in [0.15, 0.2) is 48.5 Å². The van der Waals surface area contributed by atoms with Crippen molar-refractivity contribution < 1.29 is 9.53 Å². The number of aryl methyl sites for hydroxylation is 1. The maximum Gasteiger partial charge on any atom is 0.227 e. The van der Waals surface area contributed by atoms with Gasteiger partial charge < -0.3 is 19.9 Å². The molecule has 1 aromatic heterocycles. The van der Waals surface area contributed by atoms with Gasteiger partial charge in [0.05, 0.1) is 18.4 Å². The molecule has 33 heavy (non-hydrogen) atoms. The van der Waals surface area contributed by atoms with E-state index in [2.05, 4.69) is 27.2 Å². The van der Waals surface area contributed by atoms with E-state index in [9.17, 15) is 4.79 Å². The predicted octanol–water partition coefficient (Wildman–Crippen LogP) is 4.73. The predicted molar refractivity (Wildman–Crippen MR) is 131 cm³/mol. The van der Waals surface area contributed by atoms with Crippen molar-refractivity contribution >= 4 is 40.5 Å². The van der Waals surface area contributed by atoms with Crippen molar-refractivity contribution in [1.82, 2.24) is 9.97 Å². The molecule has 1 N–H and O–H groups in total. The van der Waals surface area contributed by atoms with Crippen LogP contribution in [-0.4, -0.2) is 49.0 Å². The molecule has 7 nitrogen and oxygen atoms in total. The van der Waals surface area contributed by atoms with E-state index in [1.54, 1.807) is 7.11 Å². The molecule has 3 aromatic rings. The number of carbonyl (C=O) groups excluding carboxylic acids is 1. The Morgan fingerprint density at radius 3 is 2.48 bits per heavy atom. The average molecular weight is 464 g/mol. The molecule has 5 rings (SSSR count). The second-order valence-electron chi connectivity index (χ2n) is 8.28. The van der Waals surface area contributed by atoms with E-state index >= 15 is 0 Å². The van der Waals surface area contributed by atoms with Gasteiger partial charge in [-0.15, -0.1) is 0 Å². The molecule has 0 radical (unpaired) electrons. The van der Waals surface area contributed by atoms with Crippen LogP contribution in [0.2, 0.25) is 5.02 Å². The molecule has 8 heteroatoms. The van der Waals surface area contributed by atoms with Crippen LogP contribution in [0.25, 0.3) is 0 Å². The maximum absolute atomic E-state index is 12.7. The quantitative estimate of drug-likeness (QED) is 0.586. The molecule has 2 heterocycles. The van der Waals surface area contributed by atoms with Crippen molar-refractivity contribution in [1.29, 1.82) is 0 Å². The Balaban J connectivity index is 1.39. The minimum atomic E-state index is 0.0992. The van der Waals surface area contributed by atoms with Crippen molar-refractivity contribution in [2.45, 2.75) is 19.3 Å². The van der Waals surface area contributed by atoms with Gasteiger partial charge in [-0.3, -0.25) is 4.79 Å². The highest BCUT2D eigenvalue weighted by molar-refractivity contribution is 6.30. The molecule has 170 valence electrons. The molecule has 1 aliphatic heterocycles. The number of halogens is 1. The van der Waals surface area contributed by atoms with E-state index < -0.39 is 0 Å². The fourth-order valence-electron chi connectivity index (χ4n) is 4.38. The number of benzene rings is 2. The van der Waals surface area contributed by atoms with Crippen LogP contribution >= 0.6 is 11.6 Å². The first-order valence-corrected chi connectivity index (χ1v) is 11.6. The third-order valence-corrected chi connectivity index (χ3v) is 6.41. The fourth-order valence-corrected chi connectivity index (χ4v) is 4.51. The topological polar surface area (TPSA) is 70.6 Å². The lowest BCUT2D eigenvalue weighted by molar-refractivity contribution is 0.0972. The van der Waals surface area contributed by atoms with E-state index in [0.717, 1.165) is 61.8 Å². The molecular weight excluding hydrogens is 438 g/mol. The normalized spacial score (nSPS) is 15.9. The Labute approximate surface area is 198 Å². The first-order valence-electron chi connectivity index (χ1n) is 11.2. The number of nitrogens with one attached hydrogen (secondary N) is 1. The Hall–Kier alpha value is -3.32. The number of fused-ring (bicyclic) bond motifs is 1. The van der Waals surface area contributed by atoms with Gasteiger partial charge in [-0.2, -0.15) is 4.98 Å². The summed E-state index contributed by atoms with van der Waals surface area (Å²) in [4.78, 5) is 26.9. The molecule has 1 fully saturated rings. The Morgan fingerprint density at radius 1 is 0.970 bits per heavy atom. The molecule has 0 saturated carbocycles. The summed E-state index contributed by atoms with van der Waals surface area (Å²) in [5, 5.41) is 4.00. The number of methoxy groups -OCH3 is 1. The van der Waals surface area contributed by atoms with Gasteiger partial charge in [0.15, 0.2) is 5.78 Å². The summed E-state index contributed by atoms with van der Waals surface area (Å²) in [7, 11) is 1.69. The number of Topliss-reactive ketones (excluding diaryl/α,β-unsaturated/α-hetero) is 1. The number of anilines is 4. The van der Waals surface area contributed by atoms with Crippen molar-refractivity contribution in [3.63, 3.8) is 0 Å². The first-order chi connectivity index (χ1) is 16.1. The largest absolute Gasteiger partial charge is 0.497 e. The van der Waals surface area contributed by atoms with Crippen LogP contribution in [0, 0.1) is 0 Å². The van der Waals surface area contributed by atoms with Crippen LogP contribution in [-0.2, 0) is 6.42 Å². The van der Waals surface area contributed by atoms with Crippen LogP contribution in [0.4, 0.5) is 23.1 Å². The monoisotopic (exact) mass is 463 g/mol. The van der Waals surface area contributed by atoms with E-state index in [1.807, 2.05) is 36.4 Å². The third kappa shape index (κ3) is 4.59. The first kappa shape index (κ1) is 21.5. The molecule has 0 atom stereocenters. The Bertz CT molecular complexity index is 1160. The van der Waals surface area contributed by atoms with E-state index in [-0.39, 0.29) is 5.78 Å². The zero-order valence-corrected chi connectivity index (χ0v) is 19.3. The van der Waals surface area contributed by atoms with Crippen LogP contribution in [0.1, 0.15) is 28.9 Å². The SMILES string of the molecule is COc1cccc(N2CCN(c3nc4c(c(Nc5ccc(Cl)cc5)n3)C(=O)CCC4)CC2)c1. The van der Waals surface area contributed by atoms with Gasteiger partial charge in [0.1, 0.15) is 11.6 Å². The molecule has 0 spiro atoms. The summed E-state index contributed by atoms with van der Waals surface area (Å²) < 4.78 is 5.37. The van der Waals surface area contributed by atoms with Gasteiger partial charge in [-0.1, -0.05) is 17.7 Å². The smallest absolute Gasteiger partial charge is 0.227 e. The number of hydrogen-bond acceptors (Lipinski definition) is 7. The standard InChI is InChI=1S/C25H26ClN5O2/c1-33-20-5-2-4-19(16-20)30-12-14-31(15-13-30)25-28-21-6-3-7-22(32)23(21)24(29-25)27-18-10-8-17(26)9-11-18/h2,4-5,8-11,16H,3,6-7,12-15H2,1H3,(H,27,28,29). The third-order valence-electron chi connectivity index (χ3n) is 6.16. The van der Waals surface area contributed by atoms with Crippen LogP contribution in [0.5, 0.6) is 5.75 Å². The number of piperazine rings is 1. The number of carbonyl (C=O) groups is 1. The molecule has 0 bridgehead atoms. The van der Waals surface area contributed by atoms with Crippen molar-refractivity contribution in [3.8, 4) is 5.75 Å². The second kappa shape index (κ2) is 9.27. The minimum absolute atomic E-state index is 0.0992. The summed E-state index contributed by atoms with van der Waals surface area (Å²) in [5.41, 5.74) is 3.45. The highest BCUT2D eigenvalue weighted by Gasteiger charge is 2.27. The van der Waals surface area contributed by atoms with Gasteiger partial charge in [-0.05, 0) is 49.2 Å². The average Bonchev–Trinajstić information content (AvgIpc) is 2.85. The van der Waals surface area contributed by atoms with Gasteiger partial charge in [0, 0.05) is 55.1 Å². The zero-order chi connectivity index (χ0) is 22.8. The summed E-state index contributed by atoms with van der Waals surface area (Å²) >= 11 is 6.03. The molecule has 0 amide bonds. The summed E-state index contributed by atoms with van der Waals surface area (Å²) in [6.07, 6.45) is 2.15. The van der Waals surface area contributed by atoms with Gasteiger partial charge in [0.2, 0.25) is 5.95 Å².